The number of nitrogens with zero attached hydrogens (tertiary/aromatic N) is 1. The molecule has 1 heterocycles. The van der Waals surface area contributed by atoms with E-state index in [-0.39, 0.29) is 5.97 Å². The van der Waals surface area contributed by atoms with Crippen LogP contribution in [0.3, 0.4) is 0 Å². The third-order valence-electron chi connectivity index (χ3n) is 3.52. The zero-order valence-electron chi connectivity index (χ0n) is 9.95. The lowest BCUT2D eigenvalue weighted by molar-refractivity contribution is -0.144. The fourth-order valence-corrected chi connectivity index (χ4v) is 2.41. The predicted molar refractivity (Wildman–Crippen MR) is 60.0 cm³/mol. The van der Waals surface area contributed by atoms with Crippen LogP contribution in [-0.4, -0.2) is 47.3 Å². The molecule has 2 aliphatic rings. The minimum Gasteiger partial charge on any atom is -0.466 e. The van der Waals surface area contributed by atoms with E-state index < -0.39 is 5.60 Å². The Morgan fingerprint density at radius 2 is 2.31 bits per heavy atom. The largest absolute Gasteiger partial charge is 0.466 e. The number of esters is 1. The van der Waals surface area contributed by atoms with Crippen LogP contribution in [0.25, 0.3) is 0 Å². The lowest BCUT2D eigenvalue weighted by atomic mass is 9.97. The van der Waals surface area contributed by atoms with E-state index in [0.29, 0.717) is 25.5 Å². The molecule has 2 fully saturated rings. The van der Waals surface area contributed by atoms with E-state index in [9.17, 15) is 9.90 Å². The van der Waals surface area contributed by atoms with Crippen LogP contribution in [0.1, 0.15) is 39.0 Å². The molecule has 4 nitrogen and oxygen atoms in total. The molecular formula is C12H21NO3. The van der Waals surface area contributed by atoms with Crippen LogP contribution in [0.5, 0.6) is 0 Å². The highest BCUT2D eigenvalue weighted by Gasteiger charge is 2.41. The standard InChI is InChI=1S/C12H21NO3/c1-2-16-11(14)5-6-12(15)7-8-13(9-12)10-3-4-10/h10,15H,2-9H2,1H3. The highest BCUT2D eigenvalue weighted by Crippen LogP contribution is 2.35. The first kappa shape index (κ1) is 11.9. The number of rotatable bonds is 5. The molecule has 0 spiro atoms. The van der Waals surface area contributed by atoms with E-state index in [0.717, 1.165) is 19.5 Å². The molecule has 0 radical (unpaired) electrons. The first-order valence-corrected chi connectivity index (χ1v) is 6.25. The maximum atomic E-state index is 11.2. The van der Waals surface area contributed by atoms with Crippen LogP contribution in [0.15, 0.2) is 0 Å². The van der Waals surface area contributed by atoms with Gasteiger partial charge in [0.15, 0.2) is 0 Å². The summed E-state index contributed by atoms with van der Waals surface area (Å²) in [6.07, 6.45) is 4.21. The molecule has 16 heavy (non-hydrogen) atoms. The fourth-order valence-electron chi connectivity index (χ4n) is 2.41. The van der Waals surface area contributed by atoms with Crippen molar-refractivity contribution in [2.45, 2.75) is 50.7 Å². The summed E-state index contributed by atoms with van der Waals surface area (Å²) in [4.78, 5) is 13.6. The molecule has 1 aliphatic heterocycles. The molecule has 2 rings (SSSR count). The summed E-state index contributed by atoms with van der Waals surface area (Å²) in [5.74, 6) is -0.194. The Hall–Kier alpha value is -0.610. The molecule has 1 N–H and O–H groups in total. The highest BCUT2D eigenvalue weighted by atomic mass is 16.5. The smallest absolute Gasteiger partial charge is 0.305 e. The molecule has 0 aromatic heterocycles. The van der Waals surface area contributed by atoms with Crippen molar-refractivity contribution in [2.75, 3.05) is 19.7 Å². The lowest BCUT2D eigenvalue weighted by Gasteiger charge is -2.22. The number of β-amino-alcohol motifs (C(OH)–C–C–N with tert-alkyl or cyclic N) is 1. The van der Waals surface area contributed by atoms with E-state index >= 15 is 0 Å². The van der Waals surface area contributed by atoms with Crippen molar-refractivity contribution >= 4 is 5.97 Å². The van der Waals surface area contributed by atoms with Crippen molar-refractivity contribution in [3.8, 4) is 0 Å². The molecule has 0 aromatic carbocycles. The quantitative estimate of drug-likeness (QED) is 0.710. The normalized spacial score (nSPS) is 30.6. The predicted octanol–water partition coefficient (Wildman–Crippen LogP) is 0.929. The van der Waals surface area contributed by atoms with Crippen molar-refractivity contribution in [1.82, 2.24) is 4.90 Å². The second-order valence-corrected chi connectivity index (χ2v) is 4.98. The molecule has 1 atom stereocenters. The zero-order valence-corrected chi connectivity index (χ0v) is 9.95. The Bertz CT molecular complexity index is 265. The van der Waals surface area contributed by atoms with Gasteiger partial charge >= 0.3 is 5.97 Å². The average Bonchev–Trinajstić information content (AvgIpc) is 3.02. The minimum absolute atomic E-state index is 0.194. The van der Waals surface area contributed by atoms with E-state index in [2.05, 4.69) is 4.90 Å². The van der Waals surface area contributed by atoms with Gasteiger partial charge in [0.25, 0.3) is 0 Å². The van der Waals surface area contributed by atoms with Crippen LogP contribution in [0.2, 0.25) is 0 Å². The molecule has 1 saturated heterocycles. The van der Waals surface area contributed by atoms with E-state index in [1.165, 1.54) is 12.8 Å². The molecule has 1 unspecified atom stereocenters. The first-order valence-electron chi connectivity index (χ1n) is 6.25. The Kier molecular flexibility index (Phi) is 3.50. The van der Waals surface area contributed by atoms with Gasteiger partial charge in [-0.2, -0.15) is 0 Å². The van der Waals surface area contributed by atoms with Gasteiger partial charge in [-0.1, -0.05) is 0 Å². The van der Waals surface area contributed by atoms with Crippen molar-refractivity contribution in [1.29, 1.82) is 0 Å². The van der Waals surface area contributed by atoms with Gasteiger partial charge in [-0.25, -0.2) is 0 Å². The van der Waals surface area contributed by atoms with Crippen LogP contribution >= 0.6 is 0 Å². The van der Waals surface area contributed by atoms with Gasteiger partial charge in [0.1, 0.15) is 0 Å². The van der Waals surface area contributed by atoms with Crippen LogP contribution in [-0.2, 0) is 9.53 Å². The Morgan fingerprint density at radius 3 is 2.94 bits per heavy atom. The summed E-state index contributed by atoms with van der Waals surface area (Å²) >= 11 is 0. The second kappa shape index (κ2) is 4.72. The van der Waals surface area contributed by atoms with Gasteiger partial charge < -0.3 is 9.84 Å². The lowest BCUT2D eigenvalue weighted by Crippen LogP contribution is -2.34. The third kappa shape index (κ3) is 2.95. The maximum Gasteiger partial charge on any atom is 0.305 e. The number of hydrogen-bond acceptors (Lipinski definition) is 4. The van der Waals surface area contributed by atoms with Gasteiger partial charge in [0, 0.05) is 25.6 Å². The van der Waals surface area contributed by atoms with Crippen molar-refractivity contribution in [3.63, 3.8) is 0 Å². The summed E-state index contributed by atoms with van der Waals surface area (Å²) in [5, 5.41) is 10.3. The number of hydrogen-bond donors (Lipinski definition) is 1. The van der Waals surface area contributed by atoms with Gasteiger partial charge in [0.2, 0.25) is 0 Å². The summed E-state index contributed by atoms with van der Waals surface area (Å²) in [5.41, 5.74) is -0.657. The number of carbonyl (C=O) groups is 1. The fraction of sp³-hybridized carbons (Fsp3) is 0.917. The van der Waals surface area contributed by atoms with Crippen molar-refractivity contribution in [3.05, 3.63) is 0 Å². The zero-order chi connectivity index (χ0) is 11.6. The van der Waals surface area contributed by atoms with Gasteiger partial charge in [-0.05, 0) is 32.6 Å². The topological polar surface area (TPSA) is 49.8 Å². The number of carbonyl (C=O) groups excluding carboxylic acids is 1. The monoisotopic (exact) mass is 227 g/mol. The third-order valence-corrected chi connectivity index (χ3v) is 3.52. The number of likely N-dealkylation sites (tertiary alicyclic amines) is 1. The van der Waals surface area contributed by atoms with E-state index in [1.807, 2.05) is 0 Å². The Morgan fingerprint density at radius 1 is 1.56 bits per heavy atom. The van der Waals surface area contributed by atoms with Crippen LogP contribution in [0, 0.1) is 0 Å². The van der Waals surface area contributed by atoms with E-state index in [4.69, 9.17) is 4.74 Å². The molecule has 92 valence electrons. The molecule has 0 amide bonds. The second-order valence-electron chi connectivity index (χ2n) is 4.98. The minimum atomic E-state index is -0.657. The summed E-state index contributed by atoms with van der Waals surface area (Å²) < 4.78 is 4.87. The number of aliphatic hydroxyl groups is 1. The van der Waals surface area contributed by atoms with E-state index in [1.54, 1.807) is 6.92 Å². The maximum absolute atomic E-state index is 11.2. The summed E-state index contributed by atoms with van der Waals surface area (Å²) in [6.45, 7) is 3.93. The van der Waals surface area contributed by atoms with Crippen LogP contribution in [0.4, 0.5) is 0 Å². The average molecular weight is 227 g/mol. The van der Waals surface area contributed by atoms with Crippen molar-refractivity contribution < 1.29 is 14.6 Å². The first-order chi connectivity index (χ1) is 7.63. The molecule has 1 saturated carbocycles. The van der Waals surface area contributed by atoms with Crippen LogP contribution < -0.4 is 0 Å². The molecule has 4 heteroatoms. The molecule has 1 aliphatic carbocycles. The SMILES string of the molecule is CCOC(=O)CCC1(O)CCN(C2CC2)C1. The molecular weight excluding hydrogens is 206 g/mol. The van der Waals surface area contributed by atoms with Gasteiger partial charge in [0.05, 0.1) is 12.2 Å². The van der Waals surface area contributed by atoms with Crippen molar-refractivity contribution in [2.24, 2.45) is 0 Å². The Labute approximate surface area is 96.6 Å². The Balaban J connectivity index is 1.73. The summed E-state index contributed by atoms with van der Waals surface area (Å²) in [7, 11) is 0. The van der Waals surface area contributed by atoms with Gasteiger partial charge in [-0.15, -0.1) is 0 Å². The highest BCUT2D eigenvalue weighted by molar-refractivity contribution is 5.69. The molecule has 0 bridgehead atoms. The number of ether oxygens (including phenoxy) is 1. The van der Waals surface area contributed by atoms with Gasteiger partial charge in [-0.3, -0.25) is 9.69 Å². The molecule has 0 aromatic rings. The summed E-state index contributed by atoms with van der Waals surface area (Å²) in [6, 6.07) is 0.705.